The molecular formula is C8H14BrN3O2. The molecule has 0 atom stereocenters. The molecule has 0 saturated carbocycles. The van der Waals surface area contributed by atoms with Crippen LogP contribution in [-0.4, -0.2) is 35.1 Å². The SMILES string of the molecule is CCOc1nnc(CBr)n1CCOC. The lowest BCUT2D eigenvalue weighted by Crippen LogP contribution is -2.10. The van der Waals surface area contributed by atoms with Crippen molar-refractivity contribution in [3.8, 4) is 6.01 Å². The maximum Gasteiger partial charge on any atom is 0.317 e. The van der Waals surface area contributed by atoms with E-state index in [0.717, 1.165) is 5.82 Å². The van der Waals surface area contributed by atoms with Crippen LogP contribution in [0.5, 0.6) is 6.01 Å². The minimum Gasteiger partial charge on any atom is -0.464 e. The van der Waals surface area contributed by atoms with Crippen molar-refractivity contribution in [3.05, 3.63) is 5.82 Å². The van der Waals surface area contributed by atoms with Crippen LogP contribution >= 0.6 is 15.9 Å². The molecule has 6 heteroatoms. The Bertz CT molecular complexity index is 278. The predicted octanol–water partition coefficient (Wildman–Crippen LogP) is 1.22. The number of nitrogens with zero attached hydrogens (tertiary/aromatic N) is 3. The number of methoxy groups -OCH3 is 1. The van der Waals surface area contributed by atoms with Crippen LogP contribution in [0.25, 0.3) is 0 Å². The molecule has 0 aliphatic carbocycles. The topological polar surface area (TPSA) is 49.2 Å². The number of rotatable bonds is 6. The van der Waals surface area contributed by atoms with Crippen LogP contribution in [0.4, 0.5) is 0 Å². The Labute approximate surface area is 91.5 Å². The zero-order valence-electron chi connectivity index (χ0n) is 8.36. The fourth-order valence-electron chi connectivity index (χ4n) is 1.06. The number of halogens is 1. The van der Waals surface area contributed by atoms with Crippen molar-refractivity contribution in [2.75, 3.05) is 20.3 Å². The molecule has 0 aromatic carbocycles. The highest BCUT2D eigenvalue weighted by Crippen LogP contribution is 2.12. The van der Waals surface area contributed by atoms with Crippen LogP contribution in [0.3, 0.4) is 0 Å². The van der Waals surface area contributed by atoms with E-state index in [1.165, 1.54) is 0 Å². The second-order valence-electron chi connectivity index (χ2n) is 2.61. The maximum absolute atomic E-state index is 5.33. The highest BCUT2D eigenvalue weighted by atomic mass is 79.9. The smallest absolute Gasteiger partial charge is 0.317 e. The molecule has 1 rings (SSSR count). The van der Waals surface area contributed by atoms with Gasteiger partial charge in [0.15, 0.2) is 0 Å². The zero-order chi connectivity index (χ0) is 10.4. The first kappa shape index (κ1) is 11.5. The number of aromatic nitrogens is 3. The van der Waals surface area contributed by atoms with E-state index < -0.39 is 0 Å². The van der Waals surface area contributed by atoms with Crippen molar-refractivity contribution in [1.82, 2.24) is 14.8 Å². The van der Waals surface area contributed by atoms with Crippen LogP contribution < -0.4 is 4.74 Å². The van der Waals surface area contributed by atoms with E-state index in [4.69, 9.17) is 9.47 Å². The largest absolute Gasteiger partial charge is 0.464 e. The first-order valence-corrected chi connectivity index (χ1v) is 5.55. The lowest BCUT2D eigenvalue weighted by atomic mass is 10.6. The molecule has 0 aliphatic heterocycles. The van der Waals surface area contributed by atoms with Gasteiger partial charge in [-0.2, -0.15) is 0 Å². The standard InChI is InChI=1S/C8H14BrN3O2/c1-3-14-8-11-10-7(6-9)12(8)4-5-13-2/h3-6H2,1-2H3. The van der Waals surface area contributed by atoms with E-state index in [1.807, 2.05) is 11.5 Å². The zero-order valence-corrected chi connectivity index (χ0v) is 9.95. The van der Waals surface area contributed by atoms with Gasteiger partial charge in [-0.25, -0.2) is 0 Å². The molecule has 0 bridgehead atoms. The Balaban J connectivity index is 2.76. The fourth-order valence-corrected chi connectivity index (χ4v) is 1.48. The quantitative estimate of drug-likeness (QED) is 0.725. The Morgan fingerprint density at radius 3 is 2.79 bits per heavy atom. The summed E-state index contributed by atoms with van der Waals surface area (Å²) in [4.78, 5) is 0. The van der Waals surface area contributed by atoms with Gasteiger partial charge in [0.1, 0.15) is 5.82 Å². The fraction of sp³-hybridized carbons (Fsp3) is 0.750. The van der Waals surface area contributed by atoms with Crippen molar-refractivity contribution >= 4 is 15.9 Å². The Morgan fingerprint density at radius 2 is 2.21 bits per heavy atom. The highest BCUT2D eigenvalue weighted by Gasteiger charge is 2.10. The van der Waals surface area contributed by atoms with Crippen LogP contribution in [0.15, 0.2) is 0 Å². The van der Waals surface area contributed by atoms with E-state index in [-0.39, 0.29) is 0 Å². The molecule has 14 heavy (non-hydrogen) atoms. The van der Waals surface area contributed by atoms with Gasteiger partial charge in [-0.05, 0) is 6.92 Å². The Hall–Kier alpha value is -0.620. The molecule has 0 unspecified atom stereocenters. The summed E-state index contributed by atoms with van der Waals surface area (Å²) in [6.07, 6.45) is 0. The molecule has 1 heterocycles. The van der Waals surface area contributed by atoms with Crippen molar-refractivity contribution in [3.63, 3.8) is 0 Å². The Morgan fingerprint density at radius 1 is 1.43 bits per heavy atom. The summed E-state index contributed by atoms with van der Waals surface area (Å²) in [6, 6.07) is 0.555. The first-order chi connectivity index (χ1) is 6.83. The van der Waals surface area contributed by atoms with Crippen LogP contribution in [0.1, 0.15) is 12.7 Å². The number of ether oxygens (including phenoxy) is 2. The number of hydrogen-bond acceptors (Lipinski definition) is 4. The molecule has 0 fully saturated rings. The summed E-state index contributed by atoms with van der Waals surface area (Å²) >= 11 is 3.34. The van der Waals surface area contributed by atoms with Gasteiger partial charge < -0.3 is 9.47 Å². The molecule has 1 aromatic rings. The van der Waals surface area contributed by atoms with Gasteiger partial charge in [0, 0.05) is 7.11 Å². The summed E-state index contributed by atoms with van der Waals surface area (Å²) < 4.78 is 12.2. The summed E-state index contributed by atoms with van der Waals surface area (Å²) in [7, 11) is 1.67. The molecule has 80 valence electrons. The molecule has 0 saturated heterocycles. The lowest BCUT2D eigenvalue weighted by Gasteiger charge is -2.07. The van der Waals surface area contributed by atoms with Gasteiger partial charge in [0.05, 0.1) is 25.1 Å². The third kappa shape index (κ3) is 2.68. The van der Waals surface area contributed by atoms with Gasteiger partial charge in [-0.15, -0.1) is 5.10 Å². The van der Waals surface area contributed by atoms with E-state index in [2.05, 4.69) is 26.1 Å². The lowest BCUT2D eigenvalue weighted by molar-refractivity contribution is 0.180. The molecule has 0 spiro atoms. The second kappa shape index (κ2) is 5.98. The third-order valence-electron chi connectivity index (χ3n) is 1.71. The highest BCUT2D eigenvalue weighted by molar-refractivity contribution is 9.08. The van der Waals surface area contributed by atoms with E-state index >= 15 is 0 Å². The molecular weight excluding hydrogens is 250 g/mol. The van der Waals surface area contributed by atoms with Gasteiger partial charge in [0.2, 0.25) is 0 Å². The van der Waals surface area contributed by atoms with Crippen LogP contribution in [0.2, 0.25) is 0 Å². The van der Waals surface area contributed by atoms with E-state index in [0.29, 0.717) is 31.1 Å². The summed E-state index contributed by atoms with van der Waals surface area (Å²) in [5.74, 6) is 0.852. The second-order valence-corrected chi connectivity index (χ2v) is 3.17. The van der Waals surface area contributed by atoms with Gasteiger partial charge in [0.25, 0.3) is 0 Å². The van der Waals surface area contributed by atoms with Gasteiger partial charge in [-0.3, -0.25) is 4.57 Å². The van der Waals surface area contributed by atoms with Crippen LogP contribution in [0, 0.1) is 0 Å². The number of alkyl halides is 1. The molecule has 5 nitrogen and oxygen atoms in total. The van der Waals surface area contributed by atoms with Gasteiger partial charge >= 0.3 is 6.01 Å². The summed E-state index contributed by atoms with van der Waals surface area (Å²) in [5, 5.41) is 8.59. The maximum atomic E-state index is 5.33. The molecule has 0 radical (unpaired) electrons. The van der Waals surface area contributed by atoms with Crippen molar-refractivity contribution in [2.24, 2.45) is 0 Å². The van der Waals surface area contributed by atoms with Crippen molar-refractivity contribution < 1.29 is 9.47 Å². The molecule has 0 N–H and O–H groups in total. The van der Waals surface area contributed by atoms with Gasteiger partial charge in [-0.1, -0.05) is 21.0 Å². The molecule has 0 aliphatic rings. The predicted molar refractivity (Wildman–Crippen MR) is 55.7 cm³/mol. The monoisotopic (exact) mass is 263 g/mol. The third-order valence-corrected chi connectivity index (χ3v) is 2.21. The average Bonchev–Trinajstić information content (AvgIpc) is 2.58. The molecule has 0 amide bonds. The minimum atomic E-state index is 0.555. The summed E-state index contributed by atoms with van der Waals surface area (Å²) in [5.41, 5.74) is 0. The average molecular weight is 264 g/mol. The van der Waals surface area contributed by atoms with Crippen LogP contribution in [-0.2, 0) is 16.6 Å². The van der Waals surface area contributed by atoms with Crippen molar-refractivity contribution in [2.45, 2.75) is 18.8 Å². The summed E-state index contributed by atoms with van der Waals surface area (Å²) in [6.45, 7) is 3.84. The normalized spacial score (nSPS) is 10.5. The first-order valence-electron chi connectivity index (χ1n) is 4.43. The Kier molecular flexibility index (Phi) is 4.89. The van der Waals surface area contributed by atoms with Crippen molar-refractivity contribution in [1.29, 1.82) is 0 Å². The minimum absolute atomic E-state index is 0.555. The molecule has 1 aromatic heterocycles. The number of hydrogen-bond donors (Lipinski definition) is 0. The van der Waals surface area contributed by atoms with E-state index in [1.54, 1.807) is 7.11 Å². The van der Waals surface area contributed by atoms with E-state index in [9.17, 15) is 0 Å².